The second-order valence-corrected chi connectivity index (χ2v) is 4.61. The van der Waals surface area contributed by atoms with Gasteiger partial charge in [0, 0.05) is 4.88 Å². The first-order valence-corrected chi connectivity index (χ1v) is 4.72. The number of hydrogen-bond donors (Lipinski definition) is 1. The van der Waals surface area contributed by atoms with Crippen LogP contribution in [0, 0.1) is 11.3 Å². The van der Waals surface area contributed by atoms with Crippen molar-refractivity contribution in [2.75, 3.05) is 0 Å². The van der Waals surface area contributed by atoms with E-state index in [-0.39, 0.29) is 18.4 Å². The van der Waals surface area contributed by atoms with E-state index in [0.29, 0.717) is 6.42 Å². The largest absolute Gasteiger partial charge is 0.322 e. The molecule has 66 valence electrons. The topological polar surface area (TPSA) is 49.8 Å². The van der Waals surface area contributed by atoms with E-state index in [1.165, 1.54) is 0 Å². The van der Waals surface area contributed by atoms with Crippen LogP contribution < -0.4 is 5.73 Å². The Morgan fingerprint density at radius 2 is 2.33 bits per heavy atom. The number of halogens is 2. The zero-order chi connectivity index (χ0) is 8.27. The molecule has 0 aromatic carbocycles. The van der Waals surface area contributed by atoms with Crippen LogP contribution in [0.1, 0.15) is 17.3 Å². The highest BCUT2D eigenvalue weighted by atomic mass is 79.9. The van der Waals surface area contributed by atoms with E-state index in [0.717, 1.165) is 8.66 Å². The normalized spacial score (nSPS) is 11.4. The highest BCUT2D eigenvalue weighted by Crippen LogP contribution is 2.27. The van der Waals surface area contributed by atoms with Gasteiger partial charge in [0.2, 0.25) is 0 Å². The molecule has 0 aliphatic carbocycles. The minimum absolute atomic E-state index is 0. The fourth-order valence-corrected chi connectivity index (χ4v) is 2.15. The summed E-state index contributed by atoms with van der Waals surface area (Å²) < 4.78 is 1.06. The highest BCUT2D eigenvalue weighted by molar-refractivity contribution is 9.11. The first-order valence-electron chi connectivity index (χ1n) is 3.12. The molecule has 0 unspecified atom stereocenters. The summed E-state index contributed by atoms with van der Waals surface area (Å²) in [5, 5.41) is 8.37. The molecule has 0 saturated heterocycles. The minimum Gasteiger partial charge on any atom is -0.322 e. The predicted molar refractivity (Wildman–Crippen MR) is 56.4 cm³/mol. The molecule has 2 nitrogen and oxygen atoms in total. The lowest BCUT2D eigenvalue weighted by atomic mass is 10.2. The standard InChI is InChI=1S/C7H7BrN2S.ClH/c8-7-2-1-6(11-7)5(10)3-4-9;/h1-2,5H,3,10H2;1H/t5-;/m1./s1. The Bertz CT molecular complexity index is 281. The number of nitriles is 1. The van der Waals surface area contributed by atoms with Crippen molar-refractivity contribution in [1.82, 2.24) is 0 Å². The number of rotatable bonds is 2. The van der Waals surface area contributed by atoms with Crippen LogP contribution in [0.15, 0.2) is 15.9 Å². The van der Waals surface area contributed by atoms with Gasteiger partial charge in [-0.05, 0) is 28.1 Å². The molecule has 5 heteroatoms. The van der Waals surface area contributed by atoms with Gasteiger partial charge in [-0.15, -0.1) is 23.7 Å². The van der Waals surface area contributed by atoms with Crippen molar-refractivity contribution in [2.24, 2.45) is 5.73 Å². The van der Waals surface area contributed by atoms with Gasteiger partial charge in [-0.1, -0.05) is 0 Å². The predicted octanol–water partition coefficient (Wildman–Crippen LogP) is 2.85. The molecule has 0 bridgehead atoms. The molecule has 0 aliphatic rings. The van der Waals surface area contributed by atoms with Crippen LogP contribution in [-0.2, 0) is 0 Å². The monoisotopic (exact) mass is 266 g/mol. The molecule has 0 amide bonds. The lowest BCUT2D eigenvalue weighted by Crippen LogP contribution is -2.06. The second-order valence-electron chi connectivity index (χ2n) is 2.11. The van der Waals surface area contributed by atoms with Crippen molar-refractivity contribution in [1.29, 1.82) is 5.26 Å². The van der Waals surface area contributed by atoms with Crippen LogP contribution >= 0.6 is 39.7 Å². The van der Waals surface area contributed by atoms with Gasteiger partial charge in [-0.3, -0.25) is 0 Å². The summed E-state index contributed by atoms with van der Waals surface area (Å²) in [5.74, 6) is 0. The fourth-order valence-electron chi connectivity index (χ4n) is 0.727. The van der Waals surface area contributed by atoms with Gasteiger partial charge in [-0.25, -0.2) is 0 Å². The van der Waals surface area contributed by atoms with Gasteiger partial charge in [-0.2, -0.15) is 5.26 Å². The summed E-state index contributed by atoms with van der Waals surface area (Å²) >= 11 is 4.91. The van der Waals surface area contributed by atoms with Gasteiger partial charge in [0.25, 0.3) is 0 Å². The average molecular weight is 268 g/mol. The van der Waals surface area contributed by atoms with Crippen LogP contribution in [0.2, 0.25) is 0 Å². The van der Waals surface area contributed by atoms with E-state index in [4.69, 9.17) is 11.0 Å². The van der Waals surface area contributed by atoms with Gasteiger partial charge in [0.05, 0.1) is 22.3 Å². The Hall–Kier alpha value is -0.0800. The van der Waals surface area contributed by atoms with E-state index in [2.05, 4.69) is 15.9 Å². The van der Waals surface area contributed by atoms with Crippen LogP contribution in [0.3, 0.4) is 0 Å². The van der Waals surface area contributed by atoms with Crippen LogP contribution in [0.25, 0.3) is 0 Å². The van der Waals surface area contributed by atoms with E-state index < -0.39 is 0 Å². The zero-order valence-electron chi connectivity index (χ0n) is 6.16. The maximum Gasteiger partial charge on any atom is 0.0701 e. The molecule has 1 rings (SSSR count). The van der Waals surface area contributed by atoms with Crippen molar-refractivity contribution in [3.05, 3.63) is 20.8 Å². The van der Waals surface area contributed by atoms with Gasteiger partial charge >= 0.3 is 0 Å². The maximum atomic E-state index is 8.37. The summed E-state index contributed by atoms with van der Waals surface area (Å²) in [4.78, 5) is 1.05. The smallest absolute Gasteiger partial charge is 0.0701 e. The molecule has 0 fully saturated rings. The van der Waals surface area contributed by atoms with Gasteiger partial charge in [0.1, 0.15) is 0 Å². The molecule has 1 aromatic rings. The third kappa shape index (κ3) is 3.11. The third-order valence-corrected chi connectivity index (χ3v) is 3.03. The Morgan fingerprint density at radius 1 is 1.67 bits per heavy atom. The van der Waals surface area contributed by atoms with Gasteiger partial charge < -0.3 is 5.73 Å². The van der Waals surface area contributed by atoms with E-state index in [1.54, 1.807) is 11.3 Å². The van der Waals surface area contributed by atoms with Crippen LogP contribution in [0.5, 0.6) is 0 Å². The summed E-state index contributed by atoms with van der Waals surface area (Å²) in [6.07, 6.45) is 0.382. The lowest BCUT2D eigenvalue weighted by Gasteiger charge is -2.01. The molecular formula is C7H8BrClN2S. The summed E-state index contributed by atoms with van der Waals surface area (Å²) in [6, 6.07) is 5.80. The van der Waals surface area contributed by atoms with Crippen molar-refractivity contribution in [3.8, 4) is 6.07 Å². The number of hydrogen-bond acceptors (Lipinski definition) is 3. The second kappa shape index (κ2) is 5.55. The van der Waals surface area contributed by atoms with Crippen molar-refractivity contribution < 1.29 is 0 Å². The number of thiophene rings is 1. The highest BCUT2D eigenvalue weighted by Gasteiger charge is 2.06. The molecule has 1 aromatic heterocycles. The minimum atomic E-state index is -0.128. The zero-order valence-corrected chi connectivity index (χ0v) is 9.38. The molecule has 0 saturated carbocycles. The molecule has 2 N–H and O–H groups in total. The average Bonchev–Trinajstić information content (AvgIpc) is 2.36. The summed E-state index contributed by atoms with van der Waals surface area (Å²) in [5.41, 5.74) is 5.69. The first kappa shape index (κ1) is 11.9. The van der Waals surface area contributed by atoms with E-state index in [9.17, 15) is 0 Å². The quantitative estimate of drug-likeness (QED) is 0.896. The van der Waals surface area contributed by atoms with E-state index in [1.807, 2.05) is 18.2 Å². The Kier molecular flexibility index (Phi) is 5.51. The van der Waals surface area contributed by atoms with Crippen LogP contribution in [0.4, 0.5) is 0 Å². The lowest BCUT2D eigenvalue weighted by molar-refractivity contribution is 0.765. The fraction of sp³-hybridized carbons (Fsp3) is 0.286. The maximum absolute atomic E-state index is 8.37. The molecule has 1 heterocycles. The molecule has 0 spiro atoms. The molecule has 1 atom stereocenters. The first-order chi connectivity index (χ1) is 5.24. The van der Waals surface area contributed by atoms with Crippen molar-refractivity contribution >= 4 is 39.7 Å². The molecule has 0 aliphatic heterocycles. The Labute approximate surface area is 89.9 Å². The van der Waals surface area contributed by atoms with E-state index >= 15 is 0 Å². The van der Waals surface area contributed by atoms with Crippen molar-refractivity contribution in [3.63, 3.8) is 0 Å². The molecule has 12 heavy (non-hydrogen) atoms. The Morgan fingerprint density at radius 3 is 2.75 bits per heavy atom. The summed E-state index contributed by atoms with van der Waals surface area (Å²) in [7, 11) is 0. The summed E-state index contributed by atoms with van der Waals surface area (Å²) in [6.45, 7) is 0. The molecular weight excluding hydrogens is 260 g/mol. The molecule has 0 radical (unpaired) electrons. The SMILES string of the molecule is Cl.N#CC[C@@H](N)c1ccc(Br)s1. The van der Waals surface area contributed by atoms with Gasteiger partial charge in [0.15, 0.2) is 0 Å². The number of nitrogens with zero attached hydrogens (tertiary/aromatic N) is 1. The van der Waals surface area contributed by atoms with Crippen LogP contribution in [-0.4, -0.2) is 0 Å². The van der Waals surface area contributed by atoms with Crippen molar-refractivity contribution in [2.45, 2.75) is 12.5 Å². The Balaban J connectivity index is 0.00000121. The number of nitrogens with two attached hydrogens (primary N) is 1. The third-order valence-electron chi connectivity index (χ3n) is 1.27.